The summed E-state index contributed by atoms with van der Waals surface area (Å²) in [6.45, 7) is 20.0. The van der Waals surface area contributed by atoms with Gasteiger partial charge in [-0.05, 0) is 41.0 Å². The molecule has 0 N–H and O–H groups in total. The van der Waals surface area contributed by atoms with Gasteiger partial charge in [0.05, 0.1) is 0 Å². The molecule has 0 saturated carbocycles. The minimum absolute atomic E-state index is 0.175. The highest BCUT2D eigenvalue weighted by Gasteiger charge is 2.25. The predicted octanol–water partition coefficient (Wildman–Crippen LogP) is 4.93. The predicted molar refractivity (Wildman–Crippen MR) is 90.2 cm³/mol. The molecule has 0 fully saturated rings. The molecule has 20 heavy (non-hydrogen) atoms. The number of carbonyl (C=O) groups is 1. The standard InChI is InChI=1S/C13H24N2O.2C2H6/c1-10(2)15(11(3)4)13(16)14-8-6-12(5)7-9-14;2*1-2/h6,10-11H,7-9H2,1-5H3;2*1-2H3. The van der Waals surface area contributed by atoms with Gasteiger partial charge in [-0.3, -0.25) is 0 Å². The molecule has 0 saturated heterocycles. The molecular formula is C17H36N2O. The van der Waals surface area contributed by atoms with Crippen LogP contribution in [0, 0.1) is 0 Å². The highest BCUT2D eigenvalue weighted by molar-refractivity contribution is 5.75. The normalized spacial score (nSPS) is 13.9. The summed E-state index contributed by atoms with van der Waals surface area (Å²) in [5.41, 5.74) is 1.39. The molecular weight excluding hydrogens is 248 g/mol. The maximum Gasteiger partial charge on any atom is 0.320 e. The maximum absolute atomic E-state index is 12.3. The summed E-state index contributed by atoms with van der Waals surface area (Å²) in [5, 5.41) is 0. The second-order valence-corrected chi connectivity index (χ2v) is 5.12. The van der Waals surface area contributed by atoms with Gasteiger partial charge in [-0.15, -0.1) is 0 Å². The Labute approximate surface area is 127 Å². The van der Waals surface area contributed by atoms with Crippen molar-refractivity contribution in [3.05, 3.63) is 11.6 Å². The Morgan fingerprint density at radius 1 is 1.10 bits per heavy atom. The topological polar surface area (TPSA) is 23.6 Å². The molecule has 0 aromatic rings. The van der Waals surface area contributed by atoms with E-state index in [-0.39, 0.29) is 18.1 Å². The monoisotopic (exact) mass is 284 g/mol. The van der Waals surface area contributed by atoms with E-state index < -0.39 is 0 Å². The van der Waals surface area contributed by atoms with Gasteiger partial charge >= 0.3 is 6.03 Å². The second kappa shape index (κ2) is 11.8. The van der Waals surface area contributed by atoms with Gasteiger partial charge in [0.25, 0.3) is 0 Å². The largest absolute Gasteiger partial charge is 0.321 e. The van der Waals surface area contributed by atoms with Gasteiger partial charge in [-0.1, -0.05) is 39.3 Å². The minimum Gasteiger partial charge on any atom is -0.321 e. The molecule has 120 valence electrons. The lowest BCUT2D eigenvalue weighted by Gasteiger charge is -2.37. The van der Waals surface area contributed by atoms with Crippen molar-refractivity contribution in [3.63, 3.8) is 0 Å². The highest BCUT2D eigenvalue weighted by Crippen LogP contribution is 2.15. The van der Waals surface area contributed by atoms with E-state index in [4.69, 9.17) is 0 Å². The van der Waals surface area contributed by atoms with Crippen LogP contribution in [0.25, 0.3) is 0 Å². The van der Waals surface area contributed by atoms with Crippen molar-refractivity contribution in [1.29, 1.82) is 0 Å². The van der Waals surface area contributed by atoms with E-state index in [9.17, 15) is 4.79 Å². The molecule has 1 aliphatic heterocycles. The summed E-state index contributed by atoms with van der Waals surface area (Å²) in [5.74, 6) is 0. The molecule has 0 spiro atoms. The van der Waals surface area contributed by atoms with Crippen molar-refractivity contribution in [3.8, 4) is 0 Å². The van der Waals surface area contributed by atoms with E-state index in [1.807, 2.05) is 37.5 Å². The van der Waals surface area contributed by atoms with Crippen LogP contribution in [0.2, 0.25) is 0 Å². The Balaban J connectivity index is 0. The summed E-state index contributed by atoms with van der Waals surface area (Å²) in [7, 11) is 0. The first-order valence-corrected chi connectivity index (χ1v) is 8.16. The molecule has 0 radical (unpaired) electrons. The van der Waals surface area contributed by atoms with Gasteiger partial charge in [-0.25, -0.2) is 4.79 Å². The van der Waals surface area contributed by atoms with E-state index in [2.05, 4.69) is 40.7 Å². The first-order valence-electron chi connectivity index (χ1n) is 8.16. The summed E-state index contributed by atoms with van der Waals surface area (Å²) in [4.78, 5) is 16.2. The van der Waals surface area contributed by atoms with Crippen LogP contribution in [0.3, 0.4) is 0 Å². The molecule has 1 heterocycles. The molecule has 0 aromatic carbocycles. The third-order valence-electron chi connectivity index (χ3n) is 3.04. The molecule has 1 aliphatic rings. The maximum atomic E-state index is 12.3. The number of nitrogens with zero attached hydrogens (tertiary/aromatic N) is 2. The molecule has 0 atom stereocenters. The quantitative estimate of drug-likeness (QED) is 0.659. The molecule has 0 aromatic heterocycles. The first kappa shape index (κ1) is 21.3. The average Bonchev–Trinajstić information content (AvgIpc) is 2.43. The summed E-state index contributed by atoms with van der Waals surface area (Å²) >= 11 is 0. The number of rotatable bonds is 2. The Morgan fingerprint density at radius 2 is 1.55 bits per heavy atom. The third kappa shape index (κ3) is 6.97. The van der Waals surface area contributed by atoms with Gasteiger partial charge in [0.1, 0.15) is 0 Å². The molecule has 0 aliphatic carbocycles. The highest BCUT2D eigenvalue weighted by atomic mass is 16.2. The van der Waals surface area contributed by atoms with Gasteiger partial charge in [-0.2, -0.15) is 0 Å². The fourth-order valence-electron chi connectivity index (χ4n) is 2.15. The Bertz CT molecular complexity index is 275. The van der Waals surface area contributed by atoms with Gasteiger partial charge in [0.2, 0.25) is 0 Å². The summed E-state index contributed by atoms with van der Waals surface area (Å²) in [6, 6.07) is 0.702. The number of hydrogen-bond donors (Lipinski definition) is 0. The lowest BCUT2D eigenvalue weighted by molar-refractivity contribution is 0.127. The van der Waals surface area contributed by atoms with E-state index in [0.29, 0.717) is 0 Å². The second-order valence-electron chi connectivity index (χ2n) is 5.12. The Kier molecular flexibility index (Phi) is 12.6. The van der Waals surface area contributed by atoms with Crippen molar-refractivity contribution < 1.29 is 4.79 Å². The van der Waals surface area contributed by atoms with Crippen molar-refractivity contribution in [2.24, 2.45) is 0 Å². The van der Waals surface area contributed by atoms with Crippen LogP contribution < -0.4 is 0 Å². The lowest BCUT2D eigenvalue weighted by Crippen LogP contribution is -2.50. The fourth-order valence-corrected chi connectivity index (χ4v) is 2.15. The molecule has 1 rings (SSSR count). The van der Waals surface area contributed by atoms with Crippen molar-refractivity contribution >= 4 is 6.03 Å². The van der Waals surface area contributed by atoms with Crippen LogP contribution in [0.4, 0.5) is 4.79 Å². The zero-order valence-corrected chi connectivity index (χ0v) is 15.2. The van der Waals surface area contributed by atoms with Crippen LogP contribution >= 0.6 is 0 Å². The molecule has 3 heteroatoms. The summed E-state index contributed by atoms with van der Waals surface area (Å²) < 4.78 is 0. The van der Waals surface area contributed by atoms with Crippen LogP contribution in [0.5, 0.6) is 0 Å². The third-order valence-corrected chi connectivity index (χ3v) is 3.04. The zero-order valence-electron chi connectivity index (χ0n) is 15.2. The van der Waals surface area contributed by atoms with E-state index in [1.54, 1.807) is 0 Å². The molecule has 3 nitrogen and oxygen atoms in total. The zero-order chi connectivity index (χ0) is 16.3. The summed E-state index contributed by atoms with van der Waals surface area (Å²) in [6.07, 6.45) is 3.16. The SMILES string of the molecule is CC.CC.CC1=CCN(C(=O)N(C(C)C)C(C)C)CC1. The number of carbonyl (C=O) groups excluding carboxylic acids is 1. The Hall–Kier alpha value is -0.990. The van der Waals surface area contributed by atoms with Gasteiger partial charge in [0, 0.05) is 25.2 Å². The van der Waals surface area contributed by atoms with E-state index >= 15 is 0 Å². The number of hydrogen-bond acceptors (Lipinski definition) is 1. The minimum atomic E-state index is 0.175. The van der Waals surface area contributed by atoms with Crippen molar-refractivity contribution in [1.82, 2.24) is 9.80 Å². The first-order chi connectivity index (χ1) is 9.43. The van der Waals surface area contributed by atoms with E-state index in [1.165, 1.54) is 5.57 Å². The fraction of sp³-hybridized carbons (Fsp3) is 0.824. The van der Waals surface area contributed by atoms with Crippen molar-refractivity contribution in [2.45, 2.75) is 80.8 Å². The van der Waals surface area contributed by atoms with Crippen LogP contribution in [-0.2, 0) is 0 Å². The van der Waals surface area contributed by atoms with Crippen molar-refractivity contribution in [2.75, 3.05) is 13.1 Å². The van der Waals surface area contributed by atoms with Gasteiger partial charge in [0.15, 0.2) is 0 Å². The average molecular weight is 284 g/mol. The van der Waals surface area contributed by atoms with E-state index in [0.717, 1.165) is 19.5 Å². The smallest absolute Gasteiger partial charge is 0.320 e. The Morgan fingerprint density at radius 3 is 1.85 bits per heavy atom. The van der Waals surface area contributed by atoms with Crippen LogP contribution in [-0.4, -0.2) is 41.0 Å². The van der Waals surface area contributed by atoms with Gasteiger partial charge < -0.3 is 9.80 Å². The number of urea groups is 1. The molecule has 0 bridgehead atoms. The van der Waals surface area contributed by atoms with Crippen LogP contribution in [0.15, 0.2) is 11.6 Å². The van der Waals surface area contributed by atoms with Crippen LogP contribution in [0.1, 0.15) is 68.7 Å². The lowest BCUT2D eigenvalue weighted by atomic mass is 10.1. The molecule has 0 unspecified atom stereocenters. The molecule has 2 amide bonds. The number of amides is 2.